The van der Waals surface area contributed by atoms with Crippen LogP contribution in [0.4, 0.5) is 26.3 Å². The van der Waals surface area contributed by atoms with Crippen LogP contribution < -0.4 is 5.32 Å². The summed E-state index contributed by atoms with van der Waals surface area (Å²) in [5.41, 5.74) is -1.17. The molecule has 190 valence electrons. The van der Waals surface area contributed by atoms with Gasteiger partial charge in [-0.25, -0.2) is 13.9 Å². The molecule has 3 heterocycles. The molecule has 0 saturated heterocycles. The first-order valence-electron chi connectivity index (χ1n) is 10.8. The van der Waals surface area contributed by atoms with E-state index in [0.29, 0.717) is 28.4 Å². The maximum atomic E-state index is 14.5. The molecule has 1 amide bonds. The minimum Gasteiger partial charge on any atom is -0.344 e. The number of nitrogens with one attached hydrogen (secondary N) is 1. The lowest BCUT2D eigenvalue weighted by Crippen LogP contribution is -2.36. The molecule has 36 heavy (non-hydrogen) atoms. The van der Waals surface area contributed by atoms with Crippen LogP contribution in [-0.4, -0.2) is 36.5 Å². The standard InChI is InChI=1S/C23H20F6N6O/c1-4-34-11-16(13(3)32-34)12(2)30-21(36)18-10-20-31-17(14-5-7-15(24)8-6-14)9-19(35(20)33-18)22(25,26)23(27,28)29/h5-12H,4H2,1-3H3,(H,30,36). The van der Waals surface area contributed by atoms with Crippen LogP contribution in [-0.2, 0) is 12.5 Å². The third-order valence-corrected chi connectivity index (χ3v) is 5.60. The second-order valence-corrected chi connectivity index (χ2v) is 8.13. The molecule has 7 nitrogen and oxygen atoms in total. The summed E-state index contributed by atoms with van der Waals surface area (Å²) >= 11 is 0. The Kier molecular flexibility index (Phi) is 6.27. The van der Waals surface area contributed by atoms with Crippen molar-refractivity contribution in [3.63, 3.8) is 0 Å². The van der Waals surface area contributed by atoms with Crippen LogP contribution >= 0.6 is 0 Å². The highest BCUT2D eigenvalue weighted by atomic mass is 19.4. The number of hydrogen-bond acceptors (Lipinski definition) is 4. The Labute approximate surface area is 200 Å². The first kappa shape index (κ1) is 25.2. The number of halogens is 6. The lowest BCUT2D eigenvalue weighted by Gasteiger charge is -2.21. The molecule has 0 saturated carbocycles. The molecule has 0 radical (unpaired) electrons. The SMILES string of the molecule is CCn1cc(C(C)NC(=O)c2cc3nc(-c4ccc(F)cc4)cc(C(F)(F)C(F)(F)F)n3n2)c(C)n1. The summed E-state index contributed by atoms with van der Waals surface area (Å²) in [6.45, 7) is 5.91. The van der Waals surface area contributed by atoms with Crippen LogP contribution in [0.2, 0.25) is 0 Å². The predicted molar refractivity (Wildman–Crippen MR) is 117 cm³/mol. The number of alkyl halides is 5. The third kappa shape index (κ3) is 4.52. The van der Waals surface area contributed by atoms with Crippen molar-refractivity contribution >= 4 is 11.6 Å². The molecule has 0 aliphatic heterocycles. The number of benzene rings is 1. The van der Waals surface area contributed by atoms with Crippen molar-refractivity contribution in [3.05, 3.63) is 71.1 Å². The van der Waals surface area contributed by atoms with E-state index in [4.69, 9.17) is 0 Å². The van der Waals surface area contributed by atoms with E-state index < -0.39 is 46.9 Å². The predicted octanol–water partition coefficient (Wildman–Crippen LogP) is 5.21. The fourth-order valence-electron chi connectivity index (χ4n) is 3.69. The van der Waals surface area contributed by atoms with E-state index >= 15 is 0 Å². The first-order valence-corrected chi connectivity index (χ1v) is 10.8. The molecule has 0 spiro atoms. The summed E-state index contributed by atoms with van der Waals surface area (Å²) in [4.78, 5) is 16.9. The van der Waals surface area contributed by atoms with Crippen molar-refractivity contribution in [1.29, 1.82) is 0 Å². The minimum atomic E-state index is -5.94. The van der Waals surface area contributed by atoms with Crippen LogP contribution in [0.3, 0.4) is 0 Å². The van der Waals surface area contributed by atoms with Gasteiger partial charge in [0.05, 0.1) is 17.4 Å². The van der Waals surface area contributed by atoms with Crippen molar-refractivity contribution in [1.82, 2.24) is 29.7 Å². The van der Waals surface area contributed by atoms with Gasteiger partial charge in [0.1, 0.15) is 11.5 Å². The Morgan fingerprint density at radius 2 is 1.75 bits per heavy atom. The third-order valence-electron chi connectivity index (χ3n) is 5.60. The van der Waals surface area contributed by atoms with E-state index in [1.165, 1.54) is 12.1 Å². The van der Waals surface area contributed by atoms with Gasteiger partial charge in [0, 0.05) is 29.9 Å². The van der Waals surface area contributed by atoms with Gasteiger partial charge >= 0.3 is 12.1 Å². The summed E-state index contributed by atoms with van der Waals surface area (Å²) in [6, 6.07) is 5.38. The van der Waals surface area contributed by atoms with E-state index in [-0.39, 0.29) is 11.3 Å². The van der Waals surface area contributed by atoms with E-state index in [1.807, 2.05) is 6.92 Å². The fourth-order valence-corrected chi connectivity index (χ4v) is 3.69. The molecule has 4 rings (SSSR count). The fraction of sp³-hybridized carbons (Fsp3) is 0.304. The Balaban J connectivity index is 1.78. The summed E-state index contributed by atoms with van der Waals surface area (Å²) in [5, 5.41) is 10.7. The van der Waals surface area contributed by atoms with E-state index in [9.17, 15) is 31.1 Å². The first-order chi connectivity index (χ1) is 16.8. The number of carbonyl (C=O) groups is 1. The molecule has 0 bridgehead atoms. The van der Waals surface area contributed by atoms with Gasteiger partial charge in [-0.15, -0.1) is 0 Å². The second-order valence-electron chi connectivity index (χ2n) is 8.13. The number of fused-ring (bicyclic) bond motifs is 1. The van der Waals surface area contributed by atoms with E-state index in [1.54, 1.807) is 24.7 Å². The normalized spacial score (nSPS) is 13.2. The molecule has 1 atom stereocenters. The quantitative estimate of drug-likeness (QED) is 0.362. The summed E-state index contributed by atoms with van der Waals surface area (Å²) in [5.74, 6) is -6.75. The number of aryl methyl sites for hydroxylation is 2. The molecule has 1 aromatic carbocycles. The number of carbonyl (C=O) groups excluding carboxylic acids is 1. The zero-order valence-electron chi connectivity index (χ0n) is 19.2. The van der Waals surface area contributed by atoms with Crippen molar-refractivity contribution in [3.8, 4) is 11.3 Å². The molecule has 1 N–H and O–H groups in total. The highest BCUT2D eigenvalue weighted by Gasteiger charge is 2.60. The molecule has 1 unspecified atom stereocenters. The summed E-state index contributed by atoms with van der Waals surface area (Å²) in [7, 11) is 0. The van der Waals surface area contributed by atoms with Crippen molar-refractivity contribution in [2.75, 3.05) is 0 Å². The molecule has 0 fully saturated rings. The maximum Gasteiger partial charge on any atom is 0.459 e. The number of amides is 1. The average Bonchev–Trinajstić information content (AvgIpc) is 3.41. The summed E-state index contributed by atoms with van der Waals surface area (Å²) < 4.78 is 84.1. The van der Waals surface area contributed by atoms with Gasteiger partial charge < -0.3 is 5.32 Å². The van der Waals surface area contributed by atoms with Crippen molar-refractivity contribution in [2.24, 2.45) is 0 Å². The summed E-state index contributed by atoms with van der Waals surface area (Å²) in [6.07, 6.45) is -4.20. The number of hydrogen-bond donors (Lipinski definition) is 1. The molecule has 13 heteroatoms. The van der Waals surface area contributed by atoms with E-state index in [2.05, 4.69) is 20.5 Å². The zero-order valence-corrected chi connectivity index (χ0v) is 19.2. The lowest BCUT2D eigenvalue weighted by molar-refractivity contribution is -0.291. The van der Waals surface area contributed by atoms with E-state index in [0.717, 1.165) is 18.2 Å². The Morgan fingerprint density at radius 3 is 2.33 bits per heavy atom. The molecule has 0 aliphatic rings. The number of aromatic nitrogens is 5. The maximum absolute atomic E-state index is 14.5. The van der Waals surface area contributed by atoms with Crippen molar-refractivity contribution in [2.45, 2.75) is 45.5 Å². The average molecular weight is 510 g/mol. The highest BCUT2D eigenvalue weighted by molar-refractivity contribution is 5.93. The Morgan fingerprint density at radius 1 is 1.08 bits per heavy atom. The lowest BCUT2D eigenvalue weighted by atomic mass is 10.1. The van der Waals surface area contributed by atoms with Gasteiger partial charge in [-0.3, -0.25) is 9.48 Å². The smallest absolute Gasteiger partial charge is 0.344 e. The molecule has 0 aliphatic carbocycles. The largest absolute Gasteiger partial charge is 0.459 e. The van der Waals surface area contributed by atoms with Crippen LogP contribution in [0.15, 0.2) is 42.6 Å². The Hall–Kier alpha value is -3.90. The topological polar surface area (TPSA) is 77.1 Å². The Bertz CT molecular complexity index is 1420. The minimum absolute atomic E-state index is 0.0994. The highest BCUT2D eigenvalue weighted by Crippen LogP contribution is 2.44. The molecular formula is C23H20F6N6O. The van der Waals surface area contributed by atoms with Gasteiger partial charge in [-0.2, -0.15) is 32.1 Å². The van der Waals surface area contributed by atoms with Gasteiger partial charge in [-0.1, -0.05) is 0 Å². The molecular weight excluding hydrogens is 490 g/mol. The number of nitrogens with zero attached hydrogens (tertiary/aromatic N) is 5. The van der Waals surface area contributed by atoms with Crippen LogP contribution in [0.25, 0.3) is 16.9 Å². The van der Waals surface area contributed by atoms with Crippen LogP contribution in [0, 0.1) is 12.7 Å². The molecule has 4 aromatic rings. The van der Waals surface area contributed by atoms with Gasteiger partial charge in [0.15, 0.2) is 11.3 Å². The molecule has 3 aromatic heterocycles. The second kappa shape index (κ2) is 8.95. The van der Waals surface area contributed by atoms with Gasteiger partial charge in [-0.05, 0) is 51.1 Å². The van der Waals surface area contributed by atoms with Gasteiger partial charge in [0.2, 0.25) is 0 Å². The number of rotatable bonds is 6. The van der Waals surface area contributed by atoms with Crippen LogP contribution in [0.1, 0.15) is 47.3 Å². The van der Waals surface area contributed by atoms with Gasteiger partial charge in [0.25, 0.3) is 5.91 Å². The zero-order chi connectivity index (χ0) is 26.4. The van der Waals surface area contributed by atoms with Crippen molar-refractivity contribution < 1.29 is 31.1 Å². The van der Waals surface area contributed by atoms with Crippen LogP contribution in [0.5, 0.6) is 0 Å². The monoisotopic (exact) mass is 510 g/mol.